The summed E-state index contributed by atoms with van der Waals surface area (Å²) in [5, 5.41) is 4.63. The van der Waals surface area contributed by atoms with Crippen LogP contribution in [0.15, 0.2) is 34.9 Å². The molecule has 0 aliphatic rings. The first-order chi connectivity index (χ1) is 10.0. The molecule has 2 rings (SSSR count). The van der Waals surface area contributed by atoms with Crippen LogP contribution >= 0.6 is 11.6 Å². The van der Waals surface area contributed by atoms with Gasteiger partial charge in [0.05, 0.1) is 6.54 Å². The van der Waals surface area contributed by atoms with Gasteiger partial charge in [0.25, 0.3) is 0 Å². The van der Waals surface area contributed by atoms with Crippen molar-refractivity contribution in [1.82, 2.24) is 10.1 Å². The van der Waals surface area contributed by atoms with Crippen molar-refractivity contribution in [2.75, 3.05) is 7.05 Å². The van der Waals surface area contributed by atoms with Crippen LogP contribution in [0.2, 0.25) is 5.02 Å². The summed E-state index contributed by atoms with van der Waals surface area (Å²) in [6.07, 6.45) is 2.22. The number of benzene rings is 1. The number of carbonyl (C=O) groups is 1. The fraction of sp³-hybridized carbons (Fsp3) is 0.375. The number of aromatic nitrogens is 1. The molecule has 21 heavy (non-hydrogen) atoms. The second kappa shape index (κ2) is 7.27. The number of amides is 1. The van der Waals surface area contributed by atoms with Crippen LogP contribution in [0.25, 0.3) is 0 Å². The molecular weight excluding hydrogens is 288 g/mol. The van der Waals surface area contributed by atoms with E-state index in [1.807, 2.05) is 37.3 Å². The van der Waals surface area contributed by atoms with Gasteiger partial charge in [0.15, 0.2) is 0 Å². The smallest absolute Gasteiger partial charge is 0.222 e. The van der Waals surface area contributed by atoms with Crippen LogP contribution in [0.1, 0.15) is 29.9 Å². The first-order valence-corrected chi connectivity index (χ1v) is 7.33. The SMILES string of the molecule is Cc1cc(CN(C)C(=O)CCCc2ccc(Cl)cc2)no1. The van der Waals surface area contributed by atoms with Gasteiger partial charge in [0, 0.05) is 24.6 Å². The minimum atomic E-state index is 0.115. The Hall–Kier alpha value is -1.81. The van der Waals surface area contributed by atoms with Crippen LogP contribution in [0.4, 0.5) is 0 Å². The number of hydrogen-bond acceptors (Lipinski definition) is 3. The standard InChI is InChI=1S/C16H19ClN2O2/c1-12-10-15(18-21-12)11-19(2)16(20)5-3-4-13-6-8-14(17)9-7-13/h6-10H,3-5,11H2,1-2H3. The van der Waals surface area contributed by atoms with Gasteiger partial charge in [-0.15, -0.1) is 0 Å². The molecule has 1 amide bonds. The third kappa shape index (κ3) is 4.90. The highest BCUT2D eigenvalue weighted by atomic mass is 35.5. The third-order valence-corrected chi connectivity index (χ3v) is 3.52. The predicted octanol–water partition coefficient (Wildman–Crippen LogP) is 3.62. The first-order valence-electron chi connectivity index (χ1n) is 6.95. The van der Waals surface area contributed by atoms with E-state index in [9.17, 15) is 4.79 Å². The lowest BCUT2D eigenvalue weighted by molar-refractivity contribution is -0.130. The molecule has 112 valence electrons. The van der Waals surface area contributed by atoms with Crippen molar-refractivity contribution in [2.45, 2.75) is 32.7 Å². The molecule has 0 bridgehead atoms. The maximum atomic E-state index is 12.0. The quantitative estimate of drug-likeness (QED) is 0.819. The lowest BCUT2D eigenvalue weighted by Gasteiger charge is -2.15. The summed E-state index contributed by atoms with van der Waals surface area (Å²) >= 11 is 5.84. The highest BCUT2D eigenvalue weighted by Gasteiger charge is 2.11. The molecule has 0 radical (unpaired) electrons. The van der Waals surface area contributed by atoms with Gasteiger partial charge in [-0.25, -0.2) is 0 Å². The summed E-state index contributed by atoms with van der Waals surface area (Å²) in [4.78, 5) is 13.7. The zero-order valence-corrected chi connectivity index (χ0v) is 13.1. The Bertz CT molecular complexity index is 593. The van der Waals surface area contributed by atoms with E-state index < -0.39 is 0 Å². The molecule has 1 aromatic heterocycles. The van der Waals surface area contributed by atoms with Gasteiger partial charge < -0.3 is 9.42 Å². The Balaban J connectivity index is 1.74. The van der Waals surface area contributed by atoms with Crippen LogP contribution in [0.5, 0.6) is 0 Å². The third-order valence-electron chi connectivity index (χ3n) is 3.27. The molecular formula is C16H19ClN2O2. The molecule has 0 aliphatic heterocycles. The van der Waals surface area contributed by atoms with E-state index in [0.29, 0.717) is 13.0 Å². The van der Waals surface area contributed by atoms with Gasteiger partial charge in [-0.05, 0) is 37.5 Å². The molecule has 0 saturated carbocycles. The van der Waals surface area contributed by atoms with Gasteiger partial charge in [0.1, 0.15) is 11.5 Å². The van der Waals surface area contributed by atoms with Gasteiger partial charge in [-0.1, -0.05) is 28.9 Å². The van der Waals surface area contributed by atoms with Crippen molar-refractivity contribution in [1.29, 1.82) is 0 Å². The van der Waals surface area contributed by atoms with E-state index in [4.69, 9.17) is 16.1 Å². The summed E-state index contributed by atoms with van der Waals surface area (Å²) in [6.45, 7) is 2.32. The van der Waals surface area contributed by atoms with Crippen molar-refractivity contribution in [2.24, 2.45) is 0 Å². The molecule has 0 spiro atoms. The summed E-state index contributed by atoms with van der Waals surface area (Å²) < 4.78 is 4.99. The number of nitrogens with zero attached hydrogens (tertiary/aromatic N) is 2. The zero-order valence-electron chi connectivity index (χ0n) is 12.3. The van der Waals surface area contributed by atoms with Crippen LogP contribution in [-0.2, 0) is 17.8 Å². The second-order valence-corrected chi connectivity index (χ2v) is 5.60. The average Bonchev–Trinajstić information content (AvgIpc) is 2.86. The Kier molecular flexibility index (Phi) is 5.39. The van der Waals surface area contributed by atoms with E-state index >= 15 is 0 Å². The molecule has 1 heterocycles. The number of halogens is 1. The largest absolute Gasteiger partial charge is 0.361 e. The molecule has 1 aromatic carbocycles. The van der Waals surface area contributed by atoms with E-state index in [0.717, 1.165) is 29.3 Å². The lowest BCUT2D eigenvalue weighted by atomic mass is 10.1. The van der Waals surface area contributed by atoms with Crippen molar-refractivity contribution >= 4 is 17.5 Å². The van der Waals surface area contributed by atoms with Gasteiger partial charge in [0.2, 0.25) is 5.91 Å². The summed E-state index contributed by atoms with van der Waals surface area (Å²) in [7, 11) is 1.79. The van der Waals surface area contributed by atoms with E-state index in [1.165, 1.54) is 5.56 Å². The predicted molar refractivity (Wildman–Crippen MR) is 82.1 cm³/mol. The Morgan fingerprint density at radius 1 is 1.33 bits per heavy atom. The fourth-order valence-electron chi connectivity index (χ4n) is 2.11. The normalized spacial score (nSPS) is 10.6. The highest BCUT2D eigenvalue weighted by Crippen LogP contribution is 2.12. The van der Waals surface area contributed by atoms with Crippen LogP contribution < -0.4 is 0 Å². The minimum absolute atomic E-state index is 0.115. The monoisotopic (exact) mass is 306 g/mol. The molecule has 0 unspecified atom stereocenters. The van der Waals surface area contributed by atoms with E-state index in [1.54, 1.807) is 11.9 Å². The second-order valence-electron chi connectivity index (χ2n) is 5.16. The fourth-order valence-corrected chi connectivity index (χ4v) is 2.24. The first kappa shape index (κ1) is 15.6. The highest BCUT2D eigenvalue weighted by molar-refractivity contribution is 6.30. The Labute approximate surface area is 129 Å². The molecule has 2 aromatic rings. The van der Waals surface area contributed by atoms with Gasteiger partial charge in [-0.3, -0.25) is 4.79 Å². The molecule has 0 aliphatic carbocycles. The van der Waals surface area contributed by atoms with Crippen molar-refractivity contribution < 1.29 is 9.32 Å². The van der Waals surface area contributed by atoms with Gasteiger partial charge in [-0.2, -0.15) is 0 Å². The van der Waals surface area contributed by atoms with Crippen molar-refractivity contribution in [3.8, 4) is 0 Å². The van der Waals surface area contributed by atoms with Crippen molar-refractivity contribution in [3.05, 3.63) is 52.4 Å². The molecule has 0 fully saturated rings. The minimum Gasteiger partial charge on any atom is -0.361 e. The number of aryl methyl sites for hydroxylation is 2. The molecule has 0 saturated heterocycles. The topological polar surface area (TPSA) is 46.3 Å². The van der Waals surface area contributed by atoms with Crippen molar-refractivity contribution in [3.63, 3.8) is 0 Å². The summed E-state index contributed by atoms with van der Waals surface area (Å²) in [5.41, 5.74) is 1.98. The maximum absolute atomic E-state index is 12.0. The molecule has 0 N–H and O–H groups in total. The van der Waals surface area contributed by atoms with E-state index in [2.05, 4.69) is 5.16 Å². The summed E-state index contributed by atoms with van der Waals surface area (Å²) in [5.74, 6) is 0.873. The number of rotatable bonds is 6. The van der Waals surface area contributed by atoms with Gasteiger partial charge >= 0.3 is 0 Å². The average molecular weight is 307 g/mol. The molecule has 0 atom stereocenters. The van der Waals surface area contributed by atoms with Crippen LogP contribution in [-0.4, -0.2) is 23.0 Å². The van der Waals surface area contributed by atoms with Crippen LogP contribution in [0, 0.1) is 6.92 Å². The number of hydrogen-bond donors (Lipinski definition) is 0. The van der Waals surface area contributed by atoms with Crippen LogP contribution in [0.3, 0.4) is 0 Å². The maximum Gasteiger partial charge on any atom is 0.222 e. The zero-order chi connectivity index (χ0) is 15.2. The van der Waals surface area contributed by atoms with E-state index in [-0.39, 0.29) is 5.91 Å². The Morgan fingerprint density at radius 2 is 2.05 bits per heavy atom. The summed E-state index contributed by atoms with van der Waals surface area (Å²) in [6, 6.07) is 9.58. The molecule has 4 nitrogen and oxygen atoms in total. The molecule has 5 heteroatoms. The Morgan fingerprint density at radius 3 is 2.67 bits per heavy atom. The number of carbonyl (C=O) groups excluding carboxylic acids is 1. The lowest BCUT2D eigenvalue weighted by Crippen LogP contribution is -2.26.